The maximum atomic E-state index is 13.1. The molecule has 0 N–H and O–H groups in total. The molecule has 0 saturated heterocycles. The molecule has 0 unspecified atom stereocenters. The van der Waals surface area contributed by atoms with Crippen LogP contribution < -0.4 is 0 Å². The first kappa shape index (κ1) is 9.80. The first-order chi connectivity index (χ1) is 6.61. The Kier molecular flexibility index (Phi) is 2.41. The molecule has 0 amide bonds. The molecule has 0 spiro atoms. The van der Waals surface area contributed by atoms with Crippen LogP contribution >= 0.6 is 22.9 Å². The topological polar surface area (TPSA) is 0 Å². The van der Waals surface area contributed by atoms with Crippen molar-refractivity contribution in [3.63, 3.8) is 0 Å². The second-order valence-electron chi connectivity index (χ2n) is 2.73. The van der Waals surface area contributed by atoms with E-state index < -0.39 is 12.2 Å². The van der Waals surface area contributed by atoms with Crippen LogP contribution in [0.3, 0.4) is 0 Å². The van der Waals surface area contributed by atoms with Crippen LogP contribution in [0.4, 0.5) is 13.2 Å². The van der Waals surface area contributed by atoms with E-state index in [4.69, 9.17) is 11.6 Å². The highest BCUT2D eigenvalue weighted by molar-refractivity contribution is 7.17. The van der Waals surface area contributed by atoms with Gasteiger partial charge in [-0.05, 0) is 6.07 Å². The molecule has 0 saturated carbocycles. The van der Waals surface area contributed by atoms with E-state index in [-0.39, 0.29) is 16.0 Å². The van der Waals surface area contributed by atoms with Crippen LogP contribution in [0, 0.1) is 5.82 Å². The van der Waals surface area contributed by atoms with E-state index in [1.54, 1.807) is 0 Å². The van der Waals surface area contributed by atoms with Crippen LogP contribution in [0.25, 0.3) is 10.1 Å². The molecule has 0 bridgehead atoms. The van der Waals surface area contributed by atoms with Crippen LogP contribution in [0.2, 0.25) is 5.02 Å². The number of rotatable bonds is 1. The van der Waals surface area contributed by atoms with Gasteiger partial charge in [-0.15, -0.1) is 11.3 Å². The van der Waals surface area contributed by atoms with Crippen molar-refractivity contribution in [1.82, 2.24) is 0 Å². The van der Waals surface area contributed by atoms with Crippen LogP contribution in [-0.4, -0.2) is 0 Å². The summed E-state index contributed by atoms with van der Waals surface area (Å²) in [7, 11) is 0. The van der Waals surface area contributed by atoms with Crippen LogP contribution in [-0.2, 0) is 0 Å². The number of fused-ring (bicyclic) bond motifs is 1. The van der Waals surface area contributed by atoms with Gasteiger partial charge in [0.1, 0.15) is 5.82 Å². The number of halogens is 4. The molecular formula is C9H4ClF3S. The molecule has 0 fully saturated rings. The zero-order valence-electron chi connectivity index (χ0n) is 6.73. The minimum absolute atomic E-state index is 0.0921. The maximum absolute atomic E-state index is 13.1. The first-order valence-corrected chi connectivity index (χ1v) is 5.00. The van der Waals surface area contributed by atoms with Crippen molar-refractivity contribution in [3.8, 4) is 0 Å². The fraction of sp³-hybridized carbons (Fsp3) is 0.111. The van der Waals surface area contributed by atoms with Crippen LogP contribution in [0.5, 0.6) is 0 Å². The highest BCUT2D eigenvalue weighted by Crippen LogP contribution is 2.37. The van der Waals surface area contributed by atoms with Crippen molar-refractivity contribution in [2.75, 3.05) is 0 Å². The van der Waals surface area contributed by atoms with Gasteiger partial charge in [-0.3, -0.25) is 0 Å². The lowest BCUT2D eigenvalue weighted by Crippen LogP contribution is -1.86. The minimum Gasteiger partial charge on any atom is -0.205 e. The normalized spacial score (nSPS) is 11.5. The number of hydrogen-bond acceptors (Lipinski definition) is 1. The Labute approximate surface area is 86.9 Å². The van der Waals surface area contributed by atoms with Crippen LogP contribution in [0.1, 0.15) is 12.0 Å². The third kappa shape index (κ3) is 1.38. The molecule has 0 aliphatic rings. The van der Waals surface area contributed by atoms with E-state index in [9.17, 15) is 13.2 Å². The molecule has 2 rings (SSSR count). The second kappa shape index (κ2) is 3.44. The molecule has 1 heterocycles. The van der Waals surface area contributed by atoms with Gasteiger partial charge in [-0.2, -0.15) is 0 Å². The summed E-state index contributed by atoms with van der Waals surface area (Å²) in [5.74, 6) is -0.544. The molecule has 2 aromatic rings. The highest BCUT2D eigenvalue weighted by atomic mass is 35.5. The minimum atomic E-state index is -2.67. The van der Waals surface area contributed by atoms with Crippen molar-refractivity contribution in [2.24, 2.45) is 0 Å². The first-order valence-electron chi connectivity index (χ1n) is 3.74. The van der Waals surface area contributed by atoms with E-state index in [0.717, 1.165) is 11.3 Å². The molecule has 0 nitrogen and oxygen atoms in total. The van der Waals surface area contributed by atoms with Crippen molar-refractivity contribution in [3.05, 3.63) is 33.9 Å². The fourth-order valence-electron chi connectivity index (χ4n) is 1.24. The van der Waals surface area contributed by atoms with E-state index in [1.165, 1.54) is 17.5 Å². The fourth-order valence-corrected chi connectivity index (χ4v) is 2.44. The molecular weight excluding hydrogens is 233 g/mol. The Bertz CT molecular complexity index is 478. The van der Waals surface area contributed by atoms with Crippen LogP contribution in [0.15, 0.2) is 17.5 Å². The van der Waals surface area contributed by atoms with Crippen molar-refractivity contribution in [2.45, 2.75) is 6.43 Å². The average Bonchev–Trinajstić information content (AvgIpc) is 2.48. The quantitative estimate of drug-likeness (QED) is 0.677. The van der Waals surface area contributed by atoms with E-state index >= 15 is 0 Å². The van der Waals surface area contributed by atoms with Gasteiger partial charge < -0.3 is 0 Å². The number of hydrogen-bond donors (Lipinski definition) is 0. The lowest BCUT2D eigenvalue weighted by atomic mass is 10.1. The Morgan fingerprint density at radius 1 is 1.29 bits per heavy atom. The summed E-state index contributed by atoms with van der Waals surface area (Å²) in [4.78, 5) is 0. The van der Waals surface area contributed by atoms with Gasteiger partial charge in [0.15, 0.2) is 0 Å². The predicted molar refractivity (Wildman–Crippen MR) is 51.8 cm³/mol. The summed E-state index contributed by atoms with van der Waals surface area (Å²) in [6, 6.07) is 2.68. The highest BCUT2D eigenvalue weighted by Gasteiger charge is 2.17. The van der Waals surface area contributed by atoms with Gasteiger partial charge in [0.2, 0.25) is 0 Å². The summed E-state index contributed by atoms with van der Waals surface area (Å²) in [6.07, 6.45) is -2.67. The summed E-state index contributed by atoms with van der Waals surface area (Å²) >= 11 is 6.81. The molecule has 14 heavy (non-hydrogen) atoms. The van der Waals surface area contributed by atoms with E-state index in [0.29, 0.717) is 4.70 Å². The lowest BCUT2D eigenvalue weighted by Gasteiger charge is -2.03. The molecule has 0 radical (unpaired) electrons. The Hall–Kier alpha value is -0.740. The smallest absolute Gasteiger partial charge is 0.205 e. The average molecular weight is 237 g/mol. The second-order valence-corrected chi connectivity index (χ2v) is 4.02. The third-order valence-electron chi connectivity index (χ3n) is 1.90. The van der Waals surface area contributed by atoms with Gasteiger partial charge in [0.25, 0.3) is 6.43 Å². The zero-order valence-corrected chi connectivity index (χ0v) is 8.30. The lowest BCUT2D eigenvalue weighted by molar-refractivity contribution is 0.151. The Morgan fingerprint density at radius 3 is 2.64 bits per heavy atom. The molecule has 0 aliphatic heterocycles. The summed E-state index contributed by atoms with van der Waals surface area (Å²) in [5, 5.41) is 1.16. The molecule has 74 valence electrons. The van der Waals surface area contributed by atoms with E-state index in [2.05, 4.69) is 0 Å². The molecule has 5 heteroatoms. The van der Waals surface area contributed by atoms with Gasteiger partial charge in [-0.25, -0.2) is 13.2 Å². The Balaban J connectivity index is 2.79. The summed E-state index contributed by atoms with van der Waals surface area (Å²) < 4.78 is 38.5. The SMILES string of the molecule is Fc1csc2ccc(C(F)F)c(Cl)c12. The molecule has 0 atom stereocenters. The standard InChI is InChI=1S/C9H4ClF3S/c10-8-4(9(12)13)1-2-6-7(8)5(11)3-14-6/h1-3,9H. The van der Waals surface area contributed by atoms with Crippen molar-refractivity contribution < 1.29 is 13.2 Å². The van der Waals surface area contributed by atoms with Gasteiger partial charge in [0, 0.05) is 21.0 Å². The zero-order chi connectivity index (χ0) is 10.3. The monoisotopic (exact) mass is 236 g/mol. The van der Waals surface area contributed by atoms with Gasteiger partial charge in [-0.1, -0.05) is 17.7 Å². The third-order valence-corrected chi connectivity index (χ3v) is 3.22. The molecule has 1 aromatic heterocycles. The number of thiophene rings is 1. The maximum Gasteiger partial charge on any atom is 0.265 e. The molecule has 0 aliphatic carbocycles. The predicted octanol–water partition coefficient (Wildman–Crippen LogP) is 4.63. The van der Waals surface area contributed by atoms with Crippen molar-refractivity contribution in [1.29, 1.82) is 0 Å². The Morgan fingerprint density at radius 2 is 2.00 bits per heavy atom. The largest absolute Gasteiger partial charge is 0.265 e. The van der Waals surface area contributed by atoms with Gasteiger partial charge >= 0.3 is 0 Å². The van der Waals surface area contributed by atoms with Gasteiger partial charge in [0.05, 0.1) is 5.02 Å². The van der Waals surface area contributed by atoms with Crippen molar-refractivity contribution >= 4 is 33.0 Å². The number of alkyl halides is 2. The van der Waals surface area contributed by atoms with E-state index in [1.807, 2.05) is 0 Å². The summed E-state index contributed by atoms with van der Waals surface area (Å²) in [5.41, 5.74) is -0.323. The summed E-state index contributed by atoms with van der Waals surface area (Å²) in [6.45, 7) is 0. The molecule has 1 aromatic carbocycles. The number of benzene rings is 1.